The number of benzene rings is 2. The summed E-state index contributed by atoms with van der Waals surface area (Å²) in [4.78, 5) is 25.7. The van der Waals surface area contributed by atoms with E-state index in [2.05, 4.69) is 14.9 Å². The SMILES string of the molecule is CN(C[C@H]1CCCN(CCc2ccccc2F)C1)C(=O)c1ccc2nccnc2c1. The van der Waals surface area contributed by atoms with E-state index in [4.69, 9.17) is 0 Å². The van der Waals surface area contributed by atoms with Crippen LogP contribution in [0, 0.1) is 11.7 Å². The molecule has 0 bridgehead atoms. The average Bonchev–Trinajstić information content (AvgIpc) is 2.78. The van der Waals surface area contributed by atoms with E-state index in [-0.39, 0.29) is 11.7 Å². The zero-order valence-corrected chi connectivity index (χ0v) is 17.3. The average molecular weight is 407 g/mol. The molecule has 2 aromatic carbocycles. The lowest BCUT2D eigenvalue weighted by molar-refractivity contribution is 0.0730. The Bertz CT molecular complexity index is 1020. The molecule has 1 atom stereocenters. The van der Waals surface area contributed by atoms with E-state index in [9.17, 15) is 9.18 Å². The highest BCUT2D eigenvalue weighted by atomic mass is 19.1. The summed E-state index contributed by atoms with van der Waals surface area (Å²) >= 11 is 0. The highest BCUT2D eigenvalue weighted by molar-refractivity contribution is 5.97. The van der Waals surface area contributed by atoms with Crippen LogP contribution < -0.4 is 0 Å². The molecule has 1 aromatic heterocycles. The van der Waals surface area contributed by atoms with E-state index >= 15 is 0 Å². The number of nitrogens with zero attached hydrogens (tertiary/aromatic N) is 4. The molecule has 4 rings (SSSR count). The molecule has 0 saturated carbocycles. The molecular weight excluding hydrogens is 379 g/mol. The van der Waals surface area contributed by atoms with Crippen LogP contribution in [0.4, 0.5) is 4.39 Å². The number of amides is 1. The third kappa shape index (κ3) is 4.82. The Kier molecular flexibility index (Phi) is 6.33. The van der Waals surface area contributed by atoms with Gasteiger partial charge in [-0.2, -0.15) is 0 Å². The van der Waals surface area contributed by atoms with Gasteiger partial charge < -0.3 is 9.80 Å². The predicted octanol–water partition coefficient (Wildman–Crippen LogP) is 3.80. The van der Waals surface area contributed by atoms with Gasteiger partial charge in [-0.3, -0.25) is 14.8 Å². The Morgan fingerprint density at radius 3 is 2.80 bits per heavy atom. The maximum absolute atomic E-state index is 13.9. The lowest BCUT2D eigenvalue weighted by Crippen LogP contribution is -2.42. The van der Waals surface area contributed by atoms with Gasteiger partial charge in [0.2, 0.25) is 0 Å². The number of halogens is 1. The smallest absolute Gasteiger partial charge is 0.253 e. The predicted molar refractivity (Wildman–Crippen MR) is 116 cm³/mol. The van der Waals surface area contributed by atoms with Crippen LogP contribution in [0.25, 0.3) is 11.0 Å². The Balaban J connectivity index is 1.33. The molecule has 1 aliphatic heterocycles. The number of hydrogen-bond acceptors (Lipinski definition) is 4. The summed E-state index contributed by atoms with van der Waals surface area (Å²) in [6, 6.07) is 12.5. The van der Waals surface area contributed by atoms with Gasteiger partial charge in [-0.15, -0.1) is 0 Å². The third-order valence-corrected chi connectivity index (χ3v) is 5.85. The van der Waals surface area contributed by atoms with Crippen molar-refractivity contribution in [1.82, 2.24) is 19.8 Å². The fraction of sp³-hybridized carbons (Fsp3) is 0.375. The highest BCUT2D eigenvalue weighted by Gasteiger charge is 2.23. The van der Waals surface area contributed by atoms with Crippen LogP contribution in [0.3, 0.4) is 0 Å². The minimum atomic E-state index is -0.128. The Morgan fingerprint density at radius 2 is 1.97 bits per heavy atom. The number of carbonyl (C=O) groups excluding carboxylic acids is 1. The topological polar surface area (TPSA) is 49.3 Å². The number of rotatable bonds is 6. The van der Waals surface area contributed by atoms with Crippen LogP contribution in [-0.4, -0.2) is 58.9 Å². The molecule has 0 unspecified atom stereocenters. The van der Waals surface area contributed by atoms with E-state index in [1.807, 2.05) is 42.3 Å². The van der Waals surface area contributed by atoms with Crippen molar-refractivity contribution in [2.45, 2.75) is 19.3 Å². The number of hydrogen-bond donors (Lipinski definition) is 0. The number of fused-ring (bicyclic) bond motifs is 1. The fourth-order valence-corrected chi connectivity index (χ4v) is 4.27. The third-order valence-electron chi connectivity index (χ3n) is 5.85. The summed E-state index contributed by atoms with van der Waals surface area (Å²) in [5.41, 5.74) is 2.92. The number of likely N-dealkylation sites (tertiary alicyclic amines) is 1. The van der Waals surface area contributed by atoms with Crippen molar-refractivity contribution in [1.29, 1.82) is 0 Å². The monoisotopic (exact) mass is 406 g/mol. The normalized spacial score (nSPS) is 17.2. The molecule has 0 aliphatic carbocycles. The van der Waals surface area contributed by atoms with Crippen molar-refractivity contribution in [3.05, 3.63) is 71.8 Å². The second-order valence-corrected chi connectivity index (χ2v) is 8.10. The second kappa shape index (κ2) is 9.30. The number of aromatic nitrogens is 2. The lowest BCUT2D eigenvalue weighted by atomic mass is 9.96. The lowest BCUT2D eigenvalue weighted by Gasteiger charge is -2.34. The standard InChI is InChI=1S/C24H27FN4O/c1-28(24(30)20-8-9-22-23(15-20)27-12-11-26-22)16-18-5-4-13-29(17-18)14-10-19-6-2-3-7-21(19)25/h2-3,6-9,11-12,15,18H,4-5,10,13-14,16-17H2,1H3/t18-/m1/s1. The zero-order chi connectivity index (χ0) is 20.9. The first-order chi connectivity index (χ1) is 14.6. The van der Waals surface area contributed by atoms with Crippen LogP contribution in [0.5, 0.6) is 0 Å². The van der Waals surface area contributed by atoms with Crippen molar-refractivity contribution >= 4 is 16.9 Å². The molecule has 0 N–H and O–H groups in total. The number of carbonyl (C=O) groups is 1. The molecule has 1 aliphatic rings. The highest BCUT2D eigenvalue weighted by Crippen LogP contribution is 2.20. The number of piperidine rings is 1. The van der Waals surface area contributed by atoms with Crippen LogP contribution >= 0.6 is 0 Å². The van der Waals surface area contributed by atoms with Crippen LogP contribution in [-0.2, 0) is 6.42 Å². The molecule has 6 heteroatoms. The van der Waals surface area contributed by atoms with Gasteiger partial charge in [-0.05, 0) is 61.6 Å². The Labute approximate surface area is 176 Å². The second-order valence-electron chi connectivity index (χ2n) is 8.10. The fourth-order valence-electron chi connectivity index (χ4n) is 4.27. The first-order valence-corrected chi connectivity index (χ1v) is 10.5. The molecule has 156 valence electrons. The Hall–Kier alpha value is -2.86. The summed E-state index contributed by atoms with van der Waals surface area (Å²) < 4.78 is 13.9. The largest absolute Gasteiger partial charge is 0.341 e. The first-order valence-electron chi connectivity index (χ1n) is 10.5. The zero-order valence-electron chi connectivity index (χ0n) is 17.3. The van der Waals surface area contributed by atoms with Gasteiger partial charge in [-0.1, -0.05) is 18.2 Å². The molecule has 0 radical (unpaired) electrons. The summed E-state index contributed by atoms with van der Waals surface area (Å²) in [6.45, 7) is 3.53. The van der Waals surface area contributed by atoms with E-state index in [0.717, 1.165) is 49.1 Å². The molecule has 5 nitrogen and oxygen atoms in total. The molecule has 1 saturated heterocycles. The van der Waals surface area contributed by atoms with Crippen molar-refractivity contribution in [2.24, 2.45) is 5.92 Å². The molecule has 30 heavy (non-hydrogen) atoms. The van der Waals surface area contributed by atoms with Gasteiger partial charge in [0.15, 0.2) is 0 Å². The van der Waals surface area contributed by atoms with Crippen LogP contribution in [0.1, 0.15) is 28.8 Å². The molecular formula is C24H27FN4O. The van der Waals surface area contributed by atoms with Gasteiger partial charge in [0.05, 0.1) is 11.0 Å². The van der Waals surface area contributed by atoms with Crippen LogP contribution in [0.2, 0.25) is 0 Å². The van der Waals surface area contributed by atoms with Gasteiger partial charge in [-0.25, -0.2) is 4.39 Å². The van der Waals surface area contributed by atoms with Gasteiger partial charge in [0, 0.05) is 44.6 Å². The Morgan fingerprint density at radius 1 is 1.17 bits per heavy atom. The maximum atomic E-state index is 13.9. The van der Waals surface area contributed by atoms with Crippen molar-refractivity contribution < 1.29 is 9.18 Å². The molecule has 3 aromatic rings. The van der Waals surface area contributed by atoms with Crippen molar-refractivity contribution in [2.75, 3.05) is 33.2 Å². The summed E-state index contributed by atoms with van der Waals surface area (Å²) in [5.74, 6) is 0.302. The van der Waals surface area contributed by atoms with E-state index in [0.29, 0.717) is 24.4 Å². The minimum Gasteiger partial charge on any atom is -0.341 e. The quantitative estimate of drug-likeness (QED) is 0.625. The summed E-state index contributed by atoms with van der Waals surface area (Å²) in [6.07, 6.45) is 6.22. The van der Waals surface area contributed by atoms with Crippen molar-refractivity contribution in [3.63, 3.8) is 0 Å². The summed E-state index contributed by atoms with van der Waals surface area (Å²) in [5, 5.41) is 0. The van der Waals surface area contributed by atoms with Gasteiger partial charge in [0.1, 0.15) is 5.82 Å². The molecule has 1 amide bonds. The molecule has 1 fully saturated rings. The van der Waals surface area contributed by atoms with Crippen LogP contribution in [0.15, 0.2) is 54.9 Å². The first kappa shape index (κ1) is 20.4. The summed E-state index contributed by atoms with van der Waals surface area (Å²) in [7, 11) is 1.86. The van der Waals surface area contributed by atoms with E-state index in [1.54, 1.807) is 18.5 Å². The van der Waals surface area contributed by atoms with Crippen molar-refractivity contribution in [3.8, 4) is 0 Å². The van der Waals surface area contributed by atoms with Gasteiger partial charge >= 0.3 is 0 Å². The van der Waals surface area contributed by atoms with E-state index in [1.165, 1.54) is 6.07 Å². The molecule has 0 spiro atoms. The van der Waals surface area contributed by atoms with E-state index < -0.39 is 0 Å². The maximum Gasteiger partial charge on any atom is 0.253 e. The van der Waals surface area contributed by atoms with Gasteiger partial charge in [0.25, 0.3) is 5.91 Å². The molecule has 2 heterocycles. The minimum absolute atomic E-state index is 0.00559.